The van der Waals surface area contributed by atoms with Crippen molar-refractivity contribution in [2.75, 3.05) is 11.9 Å². The number of benzene rings is 2. The van der Waals surface area contributed by atoms with Crippen molar-refractivity contribution in [3.63, 3.8) is 0 Å². The molecule has 8 heteroatoms. The van der Waals surface area contributed by atoms with Crippen LogP contribution in [0.3, 0.4) is 0 Å². The highest BCUT2D eigenvalue weighted by Crippen LogP contribution is 2.28. The number of anilines is 1. The molecule has 1 N–H and O–H groups in total. The van der Waals surface area contributed by atoms with Gasteiger partial charge in [-0.25, -0.2) is 12.8 Å². The number of rotatable bonds is 4. The number of carbonyl (C=O) groups excluding carboxylic acids is 1. The zero-order valence-corrected chi connectivity index (χ0v) is 16.4. The number of hydrogen-bond donors (Lipinski definition) is 1. The van der Waals surface area contributed by atoms with Crippen LogP contribution in [0.1, 0.15) is 24.8 Å². The van der Waals surface area contributed by atoms with E-state index in [1.54, 1.807) is 25.1 Å². The molecule has 0 radical (unpaired) electrons. The van der Waals surface area contributed by atoms with Crippen molar-refractivity contribution in [3.8, 4) is 0 Å². The quantitative estimate of drug-likeness (QED) is 0.829. The summed E-state index contributed by atoms with van der Waals surface area (Å²) in [5.74, 6) is -0.913. The molecular formula is C19H20ClFN2O3S. The summed E-state index contributed by atoms with van der Waals surface area (Å²) in [6.07, 6.45) is 1.84. The van der Waals surface area contributed by atoms with E-state index in [2.05, 4.69) is 5.32 Å². The molecule has 144 valence electrons. The molecule has 1 amide bonds. The number of amides is 1. The molecule has 3 rings (SSSR count). The first kappa shape index (κ1) is 19.8. The lowest BCUT2D eigenvalue weighted by Crippen LogP contribution is -2.49. The summed E-state index contributed by atoms with van der Waals surface area (Å²) in [5.41, 5.74) is 1.27. The van der Waals surface area contributed by atoms with Crippen LogP contribution in [0, 0.1) is 12.7 Å². The minimum absolute atomic E-state index is 0.0254. The molecule has 1 aliphatic heterocycles. The van der Waals surface area contributed by atoms with E-state index in [-0.39, 0.29) is 11.4 Å². The number of halogens is 2. The van der Waals surface area contributed by atoms with Gasteiger partial charge in [-0.3, -0.25) is 4.79 Å². The van der Waals surface area contributed by atoms with E-state index in [1.807, 2.05) is 0 Å². The van der Waals surface area contributed by atoms with Gasteiger partial charge >= 0.3 is 0 Å². The highest BCUT2D eigenvalue weighted by molar-refractivity contribution is 7.89. The average molecular weight is 411 g/mol. The van der Waals surface area contributed by atoms with E-state index in [4.69, 9.17) is 11.6 Å². The maximum atomic E-state index is 13.2. The maximum absolute atomic E-state index is 13.2. The second kappa shape index (κ2) is 7.96. The average Bonchev–Trinajstić information content (AvgIpc) is 2.66. The molecule has 1 atom stereocenters. The van der Waals surface area contributed by atoms with Gasteiger partial charge in [0.15, 0.2) is 0 Å². The first-order chi connectivity index (χ1) is 12.8. The van der Waals surface area contributed by atoms with Gasteiger partial charge in [0.1, 0.15) is 11.9 Å². The maximum Gasteiger partial charge on any atom is 0.243 e. The third-order valence-corrected chi connectivity index (χ3v) is 7.03. The largest absolute Gasteiger partial charge is 0.324 e. The van der Waals surface area contributed by atoms with Gasteiger partial charge in [-0.2, -0.15) is 4.31 Å². The Hall–Kier alpha value is -1.96. The molecule has 5 nitrogen and oxygen atoms in total. The van der Waals surface area contributed by atoms with Crippen molar-refractivity contribution in [2.45, 2.75) is 37.1 Å². The molecule has 0 aromatic heterocycles. The minimum Gasteiger partial charge on any atom is -0.324 e. The Morgan fingerprint density at radius 2 is 1.89 bits per heavy atom. The second-order valence-electron chi connectivity index (χ2n) is 6.48. The van der Waals surface area contributed by atoms with Crippen LogP contribution in [0.4, 0.5) is 10.1 Å². The molecule has 2 aromatic rings. The van der Waals surface area contributed by atoms with Crippen molar-refractivity contribution in [2.24, 2.45) is 0 Å². The molecule has 1 saturated heterocycles. The SMILES string of the molecule is Cc1c(Cl)cccc1NC(=O)[C@@H]1CCCCN1S(=O)(=O)c1ccc(F)cc1. The fourth-order valence-corrected chi connectivity index (χ4v) is 4.99. The zero-order valence-electron chi connectivity index (χ0n) is 14.8. The van der Waals surface area contributed by atoms with E-state index < -0.39 is 27.8 Å². The summed E-state index contributed by atoms with van der Waals surface area (Å²) in [5, 5.41) is 3.31. The normalized spacial score (nSPS) is 18.3. The van der Waals surface area contributed by atoms with Crippen LogP contribution in [0.25, 0.3) is 0 Å². The number of sulfonamides is 1. The first-order valence-corrected chi connectivity index (χ1v) is 10.5. The highest BCUT2D eigenvalue weighted by Gasteiger charge is 2.37. The molecule has 0 unspecified atom stereocenters. The number of piperidine rings is 1. The Bertz CT molecular complexity index is 948. The minimum atomic E-state index is -3.90. The highest BCUT2D eigenvalue weighted by atomic mass is 35.5. The molecule has 0 aliphatic carbocycles. The summed E-state index contributed by atoms with van der Waals surface area (Å²) in [7, 11) is -3.90. The Morgan fingerprint density at radius 1 is 1.19 bits per heavy atom. The number of hydrogen-bond acceptors (Lipinski definition) is 3. The van der Waals surface area contributed by atoms with E-state index in [1.165, 1.54) is 16.4 Å². The van der Waals surface area contributed by atoms with Gasteiger partial charge in [0, 0.05) is 17.3 Å². The van der Waals surface area contributed by atoms with Crippen LogP contribution < -0.4 is 5.32 Å². The van der Waals surface area contributed by atoms with E-state index in [0.717, 1.165) is 24.1 Å². The summed E-state index contributed by atoms with van der Waals surface area (Å²) in [6.45, 7) is 2.03. The van der Waals surface area contributed by atoms with E-state index in [0.29, 0.717) is 23.6 Å². The molecule has 0 spiro atoms. The number of carbonyl (C=O) groups is 1. The van der Waals surface area contributed by atoms with Crippen molar-refractivity contribution in [3.05, 3.63) is 58.9 Å². The van der Waals surface area contributed by atoms with Crippen LogP contribution in [-0.2, 0) is 14.8 Å². The topological polar surface area (TPSA) is 66.5 Å². The smallest absolute Gasteiger partial charge is 0.243 e. The van der Waals surface area contributed by atoms with Crippen LogP contribution in [0.5, 0.6) is 0 Å². The Morgan fingerprint density at radius 3 is 2.59 bits per heavy atom. The second-order valence-corrected chi connectivity index (χ2v) is 8.78. The monoisotopic (exact) mass is 410 g/mol. The predicted molar refractivity (Wildman–Crippen MR) is 103 cm³/mol. The van der Waals surface area contributed by atoms with Crippen molar-refractivity contribution in [1.82, 2.24) is 4.31 Å². The summed E-state index contributed by atoms with van der Waals surface area (Å²) in [6, 6.07) is 8.97. The van der Waals surface area contributed by atoms with Gasteiger partial charge in [-0.05, 0) is 61.7 Å². The Kier molecular flexibility index (Phi) is 5.83. The molecular weight excluding hydrogens is 391 g/mol. The van der Waals surface area contributed by atoms with Crippen LogP contribution in [-0.4, -0.2) is 31.2 Å². The summed E-state index contributed by atoms with van der Waals surface area (Å²) in [4.78, 5) is 12.8. The Balaban J connectivity index is 1.87. The molecule has 0 saturated carbocycles. The van der Waals surface area contributed by atoms with Crippen LogP contribution in [0.2, 0.25) is 5.02 Å². The lowest BCUT2D eigenvalue weighted by molar-refractivity contribution is -0.120. The van der Waals surface area contributed by atoms with Gasteiger partial charge in [0.25, 0.3) is 0 Å². The van der Waals surface area contributed by atoms with Gasteiger partial charge in [0.05, 0.1) is 4.90 Å². The molecule has 2 aromatic carbocycles. The van der Waals surface area contributed by atoms with Gasteiger partial charge in [0.2, 0.25) is 15.9 Å². The summed E-state index contributed by atoms with van der Waals surface area (Å²) >= 11 is 6.09. The lowest BCUT2D eigenvalue weighted by atomic mass is 10.0. The third kappa shape index (κ3) is 4.15. The molecule has 1 fully saturated rings. The van der Waals surface area contributed by atoms with Crippen LogP contribution in [0.15, 0.2) is 47.4 Å². The Labute approximate surface area is 163 Å². The molecule has 1 aliphatic rings. The fraction of sp³-hybridized carbons (Fsp3) is 0.316. The van der Waals surface area contributed by atoms with Crippen molar-refractivity contribution < 1.29 is 17.6 Å². The molecule has 0 bridgehead atoms. The molecule has 1 heterocycles. The number of nitrogens with one attached hydrogen (secondary N) is 1. The van der Waals surface area contributed by atoms with Gasteiger partial charge in [-0.15, -0.1) is 0 Å². The number of nitrogens with zero attached hydrogens (tertiary/aromatic N) is 1. The van der Waals surface area contributed by atoms with Gasteiger partial charge in [-0.1, -0.05) is 24.1 Å². The van der Waals surface area contributed by atoms with Gasteiger partial charge < -0.3 is 5.32 Å². The predicted octanol–water partition coefficient (Wildman–Crippen LogP) is 3.97. The van der Waals surface area contributed by atoms with Crippen LogP contribution >= 0.6 is 11.6 Å². The summed E-state index contributed by atoms with van der Waals surface area (Å²) < 4.78 is 40.3. The standard InChI is InChI=1S/C19H20ClFN2O3S/c1-13-16(20)5-4-6-17(13)22-19(24)18-7-2-3-12-23(18)27(25,26)15-10-8-14(21)9-11-15/h4-6,8-11,18H,2-3,7,12H2,1H3,(H,22,24)/t18-/m0/s1. The third-order valence-electron chi connectivity index (χ3n) is 4.70. The zero-order chi connectivity index (χ0) is 19.6. The van der Waals surface area contributed by atoms with E-state index in [9.17, 15) is 17.6 Å². The fourth-order valence-electron chi connectivity index (χ4n) is 3.16. The first-order valence-electron chi connectivity index (χ1n) is 8.64. The van der Waals surface area contributed by atoms with Crippen molar-refractivity contribution in [1.29, 1.82) is 0 Å². The van der Waals surface area contributed by atoms with Crippen molar-refractivity contribution >= 4 is 33.2 Å². The lowest BCUT2D eigenvalue weighted by Gasteiger charge is -2.33. The van der Waals surface area contributed by atoms with E-state index >= 15 is 0 Å². The molecule has 27 heavy (non-hydrogen) atoms.